The second-order valence-electron chi connectivity index (χ2n) is 4.84. The van der Waals surface area contributed by atoms with E-state index in [-0.39, 0.29) is 12.1 Å². The molecule has 1 fully saturated rings. The van der Waals surface area contributed by atoms with Gasteiger partial charge in [-0.1, -0.05) is 6.07 Å². The number of nitrogens with two attached hydrogens (primary N) is 1. The van der Waals surface area contributed by atoms with Crippen LogP contribution < -0.4 is 15.8 Å². The van der Waals surface area contributed by atoms with Crippen LogP contribution >= 0.6 is 0 Å². The van der Waals surface area contributed by atoms with E-state index in [1.54, 1.807) is 7.11 Å². The van der Waals surface area contributed by atoms with E-state index < -0.39 is 0 Å². The van der Waals surface area contributed by atoms with Crippen molar-refractivity contribution in [3.05, 3.63) is 28.8 Å². The van der Waals surface area contributed by atoms with Crippen molar-refractivity contribution in [1.29, 1.82) is 0 Å². The third-order valence-corrected chi connectivity index (χ3v) is 3.53. The second kappa shape index (κ2) is 5.69. The topological polar surface area (TPSA) is 56.5 Å². The molecule has 100 valence electrons. The number of hydrogen-bond donors (Lipinski definition) is 2. The Hall–Kier alpha value is -1.10. The van der Waals surface area contributed by atoms with Crippen molar-refractivity contribution in [3.8, 4) is 5.75 Å². The molecule has 2 unspecified atom stereocenters. The number of rotatable bonds is 3. The number of hydrogen-bond acceptors (Lipinski definition) is 4. The quantitative estimate of drug-likeness (QED) is 0.849. The summed E-state index contributed by atoms with van der Waals surface area (Å²) >= 11 is 0. The summed E-state index contributed by atoms with van der Waals surface area (Å²) in [6, 6.07) is 4.31. The van der Waals surface area contributed by atoms with Gasteiger partial charge in [0.2, 0.25) is 0 Å². The normalized spacial score (nSPS) is 21.7. The van der Waals surface area contributed by atoms with Crippen molar-refractivity contribution in [1.82, 2.24) is 5.32 Å². The minimum absolute atomic E-state index is 0.0464. The van der Waals surface area contributed by atoms with Crippen molar-refractivity contribution in [3.63, 3.8) is 0 Å². The van der Waals surface area contributed by atoms with Crippen molar-refractivity contribution < 1.29 is 9.47 Å². The molecule has 0 aromatic heterocycles. The van der Waals surface area contributed by atoms with Crippen LogP contribution in [0.25, 0.3) is 0 Å². The molecule has 1 aliphatic rings. The van der Waals surface area contributed by atoms with Crippen LogP contribution in [0.4, 0.5) is 0 Å². The molecular weight excluding hydrogens is 228 g/mol. The highest BCUT2D eigenvalue weighted by Gasteiger charge is 2.23. The van der Waals surface area contributed by atoms with Crippen molar-refractivity contribution in [2.75, 3.05) is 26.9 Å². The smallest absolute Gasteiger partial charge is 0.122 e. The maximum absolute atomic E-state index is 6.35. The van der Waals surface area contributed by atoms with Gasteiger partial charge >= 0.3 is 0 Å². The van der Waals surface area contributed by atoms with Crippen LogP contribution in [0.3, 0.4) is 0 Å². The minimum atomic E-state index is -0.0464. The highest BCUT2D eigenvalue weighted by Crippen LogP contribution is 2.27. The molecule has 4 heteroatoms. The summed E-state index contributed by atoms with van der Waals surface area (Å²) in [6.45, 7) is 6.42. The van der Waals surface area contributed by atoms with Gasteiger partial charge < -0.3 is 20.5 Å². The average molecular weight is 250 g/mol. The van der Waals surface area contributed by atoms with Crippen LogP contribution in [0.5, 0.6) is 5.75 Å². The number of aryl methyl sites for hydroxylation is 2. The molecule has 0 aliphatic carbocycles. The maximum atomic E-state index is 6.35. The first kappa shape index (κ1) is 13.3. The number of benzene rings is 1. The summed E-state index contributed by atoms with van der Waals surface area (Å²) < 4.78 is 10.8. The third-order valence-electron chi connectivity index (χ3n) is 3.53. The lowest BCUT2D eigenvalue weighted by Crippen LogP contribution is -2.47. The molecule has 0 spiro atoms. The summed E-state index contributed by atoms with van der Waals surface area (Å²) in [5.41, 5.74) is 9.79. The molecule has 1 aliphatic heterocycles. The molecule has 0 bridgehead atoms. The zero-order chi connectivity index (χ0) is 13.1. The van der Waals surface area contributed by atoms with Gasteiger partial charge in [-0.3, -0.25) is 0 Å². The fraction of sp³-hybridized carbons (Fsp3) is 0.571. The number of nitrogens with one attached hydrogen (secondary N) is 1. The van der Waals surface area contributed by atoms with E-state index in [9.17, 15) is 0 Å². The predicted octanol–water partition coefficient (Wildman–Crippen LogP) is 1.30. The van der Waals surface area contributed by atoms with Crippen molar-refractivity contribution in [2.24, 2.45) is 5.73 Å². The lowest BCUT2D eigenvalue weighted by Gasteiger charge is -2.30. The van der Waals surface area contributed by atoms with Crippen LogP contribution in [0.2, 0.25) is 0 Å². The first-order valence-corrected chi connectivity index (χ1v) is 6.35. The lowest BCUT2D eigenvalue weighted by atomic mass is 9.94. The van der Waals surface area contributed by atoms with Gasteiger partial charge in [0.25, 0.3) is 0 Å². The Labute approximate surface area is 108 Å². The van der Waals surface area contributed by atoms with E-state index in [0.717, 1.165) is 35.6 Å². The van der Waals surface area contributed by atoms with Gasteiger partial charge in [0, 0.05) is 18.6 Å². The Morgan fingerprint density at radius 2 is 2.17 bits per heavy atom. The molecule has 0 amide bonds. The predicted molar refractivity (Wildman–Crippen MR) is 72.0 cm³/mol. The average Bonchev–Trinajstić information content (AvgIpc) is 2.41. The summed E-state index contributed by atoms with van der Waals surface area (Å²) in [4.78, 5) is 0. The van der Waals surface area contributed by atoms with Crippen LogP contribution in [0.15, 0.2) is 12.1 Å². The van der Waals surface area contributed by atoms with E-state index in [1.807, 2.05) is 13.0 Å². The van der Waals surface area contributed by atoms with Crippen molar-refractivity contribution in [2.45, 2.75) is 25.9 Å². The van der Waals surface area contributed by atoms with Crippen LogP contribution in [0.1, 0.15) is 22.7 Å². The Balaban J connectivity index is 2.23. The van der Waals surface area contributed by atoms with Gasteiger partial charge in [-0.05, 0) is 36.6 Å². The van der Waals surface area contributed by atoms with Gasteiger partial charge in [-0.15, -0.1) is 0 Å². The van der Waals surface area contributed by atoms with Crippen molar-refractivity contribution >= 4 is 0 Å². The van der Waals surface area contributed by atoms with E-state index in [1.165, 1.54) is 0 Å². The van der Waals surface area contributed by atoms with Gasteiger partial charge in [-0.2, -0.15) is 0 Å². The largest absolute Gasteiger partial charge is 0.496 e. The summed E-state index contributed by atoms with van der Waals surface area (Å²) in [7, 11) is 1.69. The fourth-order valence-electron chi connectivity index (χ4n) is 2.42. The van der Waals surface area contributed by atoms with Gasteiger partial charge in [0.15, 0.2) is 0 Å². The number of morpholine rings is 1. The minimum Gasteiger partial charge on any atom is -0.496 e. The summed E-state index contributed by atoms with van der Waals surface area (Å²) in [5, 5.41) is 3.41. The monoisotopic (exact) mass is 250 g/mol. The van der Waals surface area contributed by atoms with Gasteiger partial charge in [-0.25, -0.2) is 0 Å². The SMILES string of the molecule is COc1cc(C)c(C(N)C2COCCN2)cc1C. The lowest BCUT2D eigenvalue weighted by molar-refractivity contribution is 0.0684. The first-order valence-electron chi connectivity index (χ1n) is 6.35. The van der Waals surface area contributed by atoms with E-state index in [0.29, 0.717) is 6.61 Å². The second-order valence-corrected chi connectivity index (χ2v) is 4.84. The standard InChI is InChI=1S/C14H22N2O2/c1-9-7-13(17-3)10(2)6-11(9)14(15)12-8-18-5-4-16-12/h6-7,12,14,16H,4-5,8,15H2,1-3H3. The third kappa shape index (κ3) is 2.66. The fourth-order valence-corrected chi connectivity index (χ4v) is 2.42. The molecule has 0 saturated carbocycles. The Morgan fingerprint density at radius 1 is 1.39 bits per heavy atom. The molecule has 3 N–H and O–H groups in total. The van der Waals surface area contributed by atoms with Crippen LogP contribution in [-0.2, 0) is 4.74 Å². The molecule has 2 atom stereocenters. The number of ether oxygens (including phenoxy) is 2. The summed E-state index contributed by atoms with van der Waals surface area (Å²) in [6.07, 6.45) is 0. The molecule has 18 heavy (non-hydrogen) atoms. The van der Waals surface area contributed by atoms with Crippen LogP contribution in [0, 0.1) is 13.8 Å². The molecule has 2 rings (SSSR count). The van der Waals surface area contributed by atoms with E-state index in [2.05, 4.69) is 18.3 Å². The Kier molecular flexibility index (Phi) is 4.22. The van der Waals surface area contributed by atoms with E-state index >= 15 is 0 Å². The first-order chi connectivity index (χ1) is 8.63. The highest BCUT2D eigenvalue weighted by atomic mass is 16.5. The van der Waals surface area contributed by atoms with E-state index in [4.69, 9.17) is 15.2 Å². The highest BCUT2D eigenvalue weighted by molar-refractivity contribution is 5.43. The zero-order valence-electron chi connectivity index (χ0n) is 11.3. The molecular formula is C14H22N2O2. The summed E-state index contributed by atoms with van der Waals surface area (Å²) in [5.74, 6) is 0.913. The molecule has 1 aromatic rings. The molecule has 4 nitrogen and oxygen atoms in total. The Bertz CT molecular complexity index is 415. The molecule has 1 heterocycles. The maximum Gasteiger partial charge on any atom is 0.122 e. The Morgan fingerprint density at radius 3 is 2.78 bits per heavy atom. The molecule has 1 saturated heterocycles. The number of methoxy groups -OCH3 is 1. The van der Waals surface area contributed by atoms with Gasteiger partial charge in [0.05, 0.1) is 20.3 Å². The van der Waals surface area contributed by atoms with Crippen LogP contribution in [-0.4, -0.2) is 32.9 Å². The molecule has 1 aromatic carbocycles. The molecule has 0 radical (unpaired) electrons. The zero-order valence-corrected chi connectivity index (χ0v) is 11.3. The van der Waals surface area contributed by atoms with Gasteiger partial charge in [0.1, 0.15) is 5.75 Å².